The molecule has 0 saturated heterocycles. The van der Waals surface area contributed by atoms with Crippen molar-refractivity contribution >= 4 is 17.0 Å². The summed E-state index contributed by atoms with van der Waals surface area (Å²) in [5.41, 5.74) is 2.50. The number of carbonyl (C=O) groups is 1. The summed E-state index contributed by atoms with van der Waals surface area (Å²) < 4.78 is 2.16. The summed E-state index contributed by atoms with van der Waals surface area (Å²) in [6.45, 7) is 5.52. The van der Waals surface area contributed by atoms with Crippen molar-refractivity contribution in [3.05, 3.63) is 30.1 Å². The molecule has 0 unspecified atom stereocenters. The van der Waals surface area contributed by atoms with Crippen molar-refractivity contribution in [3.8, 4) is 0 Å². The van der Waals surface area contributed by atoms with Crippen LogP contribution in [-0.4, -0.2) is 20.6 Å². The predicted octanol–water partition coefficient (Wildman–Crippen LogP) is 3.17. The van der Waals surface area contributed by atoms with Gasteiger partial charge >= 0.3 is 5.97 Å². The minimum Gasteiger partial charge on any atom is -0.478 e. The van der Waals surface area contributed by atoms with E-state index in [9.17, 15) is 4.79 Å². The van der Waals surface area contributed by atoms with Gasteiger partial charge in [-0.2, -0.15) is 0 Å². The summed E-state index contributed by atoms with van der Waals surface area (Å²) in [7, 11) is 0. The second kappa shape index (κ2) is 4.08. The summed E-state index contributed by atoms with van der Waals surface area (Å²) in [5, 5.41) is 8.99. The van der Waals surface area contributed by atoms with Gasteiger partial charge in [-0.05, 0) is 42.4 Å². The van der Waals surface area contributed by atoms with Gasteiger partial charge in [0.15, 0.2) is 0 Å². The Bertz CT molecular complexity index is 639. The van der Waals surface area contributed by atoms with Crippen LogP contribution in [0.1, 0.15) is 37.0 Å². The number of carboxylic acids is 1. The second-order valence-electron chi connectivity index (χ2n) is 5.90. The Balaban J connectivity index is 1.95. The number of hydrogen-bond donors (Lipinski definition) is 1. The smallest absolute Gasteiger partial charge is 0.335 e. The monoisotopic (exact) mass is 258 g/mol. The molecule has 0 atom stereocenters. The van der Waals surface area contributed by atoms with Crippen LogP contribution >= 0.6 is 0 Å². The van der Waals surface area contributed by atoms with E-state index < -0.39 is 5.97 Å². The molecule has 0 bridgehead atoms. The van der Waals surface area contributed by atoms with E-state index in [1.807, 2.05) is 12.4 Å². The maximum atomic E-state index is 10.9. The SMILES string of the molecule is CC(C)C1(Cn2cnc3cc(C(=O)O)ccc32)CC1. The number of rotatable bonds is 4. The second-order valence-corrected chi connectivity index (χ2v) is 5.90. The number of aromatic nitrogens is 2. The third-order valence-electron chi connectivity index (χ3n) is 4.47. The van der Waals surface area contributed by atoms with Crippen LogP contribution in [0, 0.1) is 11.3 Å². The van der Waals surface area contributed by atoms with E-state index >= 15 is 0 Å². The molecule has 4 nitrogen and oxygen atoms in total. The Morgan fingerprint density at radius 3 is 2.79 bits per heavy atom. The van der Waals surface area contributed by atoms with E-state index in [1.165, 1.54) is 12.8 Å². The molecule has 1 aliphatic rings. The molecule has 0 radical (unpaired) electrons. The van der Waals surface area contributed by atoms with Gasteiger partial charge in [-0.1, -0.05) is 13.8 Å². The van der Waals surface area contributed by atoms with E-state index in [-0.39, 0.29) is 0 Å². The molecule has 1 aromatic carbocycles. The molecule has 1 fully saturated rings. The lowest BCUT2D eigenvalue weighted by Gasteiger charge is -2.20. The van der Waals surface area contributed by atoms with Crippen LogP contribution in [0.2, 0.25) is 0 Å². The topological polar surface area (TPSA) is 55.1 Å². The maximum Gasteiger partial charge on any atom is 0.335 e. The van der Waals surface area contributed by atoms with Gasteiger partial charge < -0.3 is 9.67 Å². The quantitative estimate of drug-likeness (QED) is 0.916. The lowest BCUT2D eigenvalue weighted by molar-refractivity contribution is 0.0697. The van der Waals surface area contributed by atoms with Crippen molar-refractivity contribution in [1.82, 2.24) is 9.55 Å². The molecule has 3 rings (SSSR count). The number of carboxylic acid groups (broad SMARTS) is 1. The standard InChI is InChI=1S/C15H18N2O2/c1-10(2)15(5-6-15)8-17-9-16-12-7-11(14(18)19)3-4-13(12)17/h3-4,7,9-10H,5-6,8H2,1-2H3,(H,18,19). The fourth-order valence-electron chi connectivity index (χ4n) is 2.74. The number of hydrogen-bond acceptors (Lipinski definition) is 2. The highest BCUT2D eigenvalue weighted by Crippen LogP contribution is 2.53. The average Bonchev–Trinajstić information content (AvgIpc) is 3.05. The van der Waals surface area contributed by atoms with Gasteiger partial charge in [0.1, 0.15) is 0 Å². The minimum atomic E-state index is -0.905. The van der Waals surface area contributed by atoms with Crippen LogP contribution in [0.25, 0.3) is 11.0 Å². The Morgan fingerprint density at radius 2 is 2.21 bits per heavy atom. The van der Waals surface area contributed by atoms with Crippen molar-refractivity contribution in [2.45, 2.75) is 33.2 Å². The van der Waals surface area contributed by atoms with Crippen molar-refractivity contribution in [2.24, 2.45) is 11.3 Å². The first-order valence-electron chi connectivity index (χ1n) is 6.70. The van der Waals surface area contributed by atoms with Gasteiger partial charge in [0, 0.05) is 6.54 Å². The van der Waals surface area contributed by atoms with Crippen LogP contribution in [0.15, 0.2) is 24.5 Å². The number of aromatic carboxylic acids is 1. The highest BCUT2D eigenvalue weighted by atomic mass is 16.4. The normalized spacial score (nSPS) is 17.0. The zero-order valence-electron chi connectivity index (χ0n) is 11.3. The molecule has 1 aliphatic carbocycles. The molecular formula is C15H18N2O2. The van der Waals surface area contributed by atoms with Gasteiger partial charge in [-0.3, -0.25) is 0 Å². The molecule has 1 aromatic heterocycles. The zero-order valence-corrected chi connectivity index (χ0v) is 11.3. The lowest BCUT2D eigenvalue weighted by atomic mass is 9.92. The first kappa shape index (κ1) is 12.2. The van der Waals surface area contributed by atoms with Crippen LogP contribution in [0.3, 0.4) is 0 Å². The molecule has 0 spiro atoms. The van der Waals surface area contributed by atoms with Crippen LogP contribution < -0.4 is 0 Å². The molecule has 0 amide bonds. The van der Waals surface area contributed by atoms with E-state index in [0.29, 0.717) is 16.9 Å². The summed E-state index contributed by atoms with van der Waals surface area (Å²) in [6, 6.07) is 5.16. The number of imidazole rings is 1. The van der Waals surface area contributed by atoms with Crippen LogP contribution in [-0.2, 0) is 6.54 Å². The molecule has 1 saturated carbocycles. The molecule has 0 aliphatic heterocycles. The average molecular weight is 258 g/mol. The minimum absolute atomic E-state index is 0.294. The van der Waals surface area contributed by atoms with Gasteiger partial charge in [-0.25, -0.2) is 9.78 Å². The summed E-state index contributed by atoms with van der Waals surface area (Å²) in [6.07, 6.45) is 4.38. The number of fused-ring (bicyclic) bond motifs is 1. The summed E-state index contributed by atoms with van der Waals surface area (Å²) in [5.74, 6) is -0.236. The number of benzene rings is 1. The first-order chi connectivity index (χ1) is 9.02. The molecule has 19 heavy (non-hydrogen) atoms. The molecule has 1 heterocycles. The van der Waals surface area contributed by atoms with Crippen molar-refractivity contribution in [1.29, 1.82) is 0 Å². The Kier molecular flexibility index (Phi) is 2.62. The summed E-state index contributed by atoms with van der Waals surface area (Å²) >= 11 is 0. The number of nitrogens with zero attached hydrogens (tertiary/aromatic N) is 2. The van der Waals surface area contributed by atoms with Gasteiger partial charge in [0.2, 0.25) is 0 Å². The molecule has 4 heteroatoms. The van der Waals surface area contributed by atoms with Gasteiger partial charge in [-0.15, -0.1) is 0 Å². The molecular weight excluding hydrogens is 240 g/mol. The van der Waals surface area contributed by atoms with E-state index in [0.717, 1.165) is 17.6 Å². The van der Waals surface area contributed by atoms with E-state index in [2.05, 4.69) is 23.4 Å². The largest absolute Gasteiger partial charge is 0.478 e. The summed E-state index contributed by atoms with van der Waals surface area (Å²) in [4.78, 5) is 15.3. The van der Waals surface area contributed by atoms with Crippen LogP contribution in [0.5, 0.6) is 0 Å². The molecule has 100 valence electrons. The molecule has 1 N–H and O–H groups in total. The molecule has 2 aromatic rings. The Hall–Kier alpha value is -1.84. The van der Waals surface area contributed by atoms with Crippen molar-refractivity contribution in [3.63, 3.8) is 0 Å². The Morgan fingerprint density at radius 1 is 1.47 bits per heavy atom. The predicted molar refractivity (Wildman–Crippen MR) is 73.2 cm³/mol. The van der Waals surface area contributed by atoms with E-state index in [4.69, 9.17) is 5.11 Å². The fraction of sp³-hybridized carbons (Fsp3) is 0.467. The maximum absolute atomic E-state index is 10.9. The third kappa shape index (κ3) is 2.01. The van der Waals surface area contributed by atoms with E-state index in [1.54, 1.807) is 12.1 Å². The van der Waals surface area contributed by atoms with Gasteiger partial charge in [0.05, 0.1) is 22.9 Å². The van der Waals surface area contributed by atoms with Gasteiger partial charge in [0.25, 0.3) is 0 Å². The van der Waals surface area contributed by atoms with Crippen LogP contribution in [0.4, 0.5) is 0 Å². The highest BCUT2D eigenvalue weighted by Gasteiger charge is 2.45. The Labute approximate surface area is 112 Å². The zero-order chi connectivity index (χ0) is 13.6. The van der Waals surface area contributed by atoms with Crippen molar-refractivity contribution < 1.29 is 9.90 Å². The van der Waals surface area contributed by atoms with Crippen molar-refractivity contribution in [2.75, 3.05) is 0 Å². The highest BCUT2D eigenvalue weighted by molar-refractivity contribution is 5.92. The lowest BCUT2D eigenvalue weighted by Crippen LogP contribution is -2.17. The fourth-order valence-corrected chi connectivity index (χ4v) is 2.74. The third-order valence-corrected chi connectivity index (χ3v) is 4.47. The first-order valence-corrected chi connectivity index (χ1v) is 6.70.